The molecule has 0 aliphatic heterocycles. The molecule has 2 aliphatic carbocycles. The first kappa shape index (κ1) is 54.7. The van der Waals surface area contributed by atoms with Crippen LogP contribution in [0.5, 0.6) is 0 Å². The lowest BCUT2D eigenvalue weighted by molar-refractivity contribution is 0.875. The fourth-order valence-electron chi connectivity index (χ4n) is 15.1. The van der Waals surface area contributed by atoms with Crippen molar-refractivity contribution in [3.63, 3.8) is 0 Å². The second-order valence-corrected chi connectivity index (χ2v) is 24.6. The van der Waals surface area contributed by atoms with Crippen LogP contribution < -0.4 is 0 Å². The van der Waals surface area contributed by atoms with Gasteiger partial charge in [0.25, 0.3) is 0 Å². The normalized spacial score (nSPS) is 14.4. The highest BCUT2D eigenvalue weighted by molar-refractivity contribution is 6.14. The lowest BCUT2D eigenvalue weighted by Gasteiger charge is -2.16. The van der Waals surface area contributed by atoms with Gasteiger partial charge in [-0.15, -0.1) is 6.58 Å². The largest absolute Gasteiger partial charge is 0.309 e. The van der Waals surface area contributed by atoms with E-state index in [9.17, 15) is 0 Å². The number of pyridine rings is 4. The van der Waals surface area contributed by atoms with Crippen LogP contribution in [-0.2, 0) is 6.42 Å². The molecule has 0 spiro atoms. The molecule has 446 valence electrons. The molecule has 2 aliphatic rings. The van der Waals surface area contributed by atoms with E-state index in [2.05, 4.69) is 278 Å². The van der Waals surface area contributed by atoms with Crippen LogP contribution in [0.15, 0.2) is 316 Å². The number of rotatable bonds is 8. The van der Waals surface area contributed by atoms with Crippen molar-refractivity contribution in [2.75, 3.05) is 0 Å². The molecule has 9 aromatic heterocycles. The van der Waals surface area contributed by atoms with Crippen LogP contribution in [0.3, 0.4) is 0 Å². The zero-order chi connectivity index (χ0) is 62.4. The summed E-state index contributed by atoms with van der Waals surface area (Å²) in [6.45, 7) is 5.25. The number of allylic oxidation sites excluding steroid dienone is 5. The molecule has 18 aromatic rings. The molecule has 9 nitrogen and oxygen atoms in total. The number of hydrogen-bond donors (Lipinski definition) is 0. The van der Waals surface area contributed by atoms with Gasteiger partial charge in [0.05, 0.1) is 77.2 Å². The van der Waals surface area contributed by atoms with Gasteiger partial charge in [-0.1, -0.05) is 139 Å². The molecule has 0 amide bonds. The molecule has 1 fully saturated rings. The van der Waals surface area contributed by atoms with Gasteiger partial charge in [-0.2, -0.15) is 0 Å². The summed E-state index contributed by atoms with van der Waals surface area (Å²) in [5, 5.41) is 7.08. The standard InChI is InChI=1S/C42H30N4.C40H25N5.C3H6/c1-3-9-37-33(7-1)41-39(11-5-23-43-41)45(37)30-18-13-27(14-19-30)25-29-17-22-32(36-26-35(29)36)28-15-20-31(21-16-28)46-38-10-4-2-8-34(38)42-40(46)12-6-24-44-42;1-2-10-26(11-3-1)43-35-20-18-27(44-33-14-6-4-12-29(33)39-37(44)16-8-22-41-39)24-31(35)32-25-28(19-21-36(32)43)45-34-15-7-5-13-30(34)40-38(45)17-9-23-42-40;1-3-2/h1-24,35-36H,25-26H2;1-25H;3H,1H2,2H3. The van der Waals surface area contributed by atoms with Crippen molar-refractivity contribution < 1.29 is 0 Å². The highest BCUT2D eigenvalue weighted by atomic mass is 15.0. The van der Waals surface area contributed by atoms with Crippen LogP contribution in [0, 0.1) is 11.8 Å². The van der Waals surface area contributed by atoms with Gasteiger partial charge < -0.3 is 22.8 Å². The minimum atomic E-state index is 0.618. The SMILES string of the molecule is C1=C(Cc2ccc(-n3c4ccccc4c4ncccc43)cc2)C2CC2C(c2ccc(-n3c4ccccc4c4ncccc43)cc2)=C1.C=CC.c1ccc(-n2c3ccc(-n4c5ccccc5c5ncccc54)cc3c3cc(-n4c5ccccc5c5ncccc54)ccc32)cc1. The van der Waals surface area contributed by atoms with E-state index in [0.717, 1.165) is 89.4 Å². The molecule has 94 heavy (non-hydrogen) atoms. The van der Waals surface area contributed by atoms with E-state index in [4.69, 9.17) is 19.9 Å². The Bertz CT molecular complexity index is 5710. The third-order valence-corrected chi connectivity index (χ3v) is 19.2. The first-order chi connectivity index (χ1) is 46.6. The van der Waals surface area contributed by atoms with Gasteiger partial charge in [0.15, 0.2) is 0 Å². The maximum absolute atomic E-state index is 4.77. The van der Waals surface area contributed by atoms with Crippen molar-refractivity contribution in [2.24, 2.45) is 11.8 Å². The van der Waals surface area contributed by atoms with Crippen LogP contribution in [-0.4, -0.2) is 42.8 Å². The average molecular weight is 1210 g/mol. The second-order valence-electron chi connectivity index (χ2n) is 24.6. The maximum Gasteiger partial charge on any atom is 0.0963 e. The van der Waals surface area contributed by atoms with Crippen molar-refractivity contribution >= 4 is 115 Å². The third kappa shape index (κ3) is 8.84. The molecule has 0 bridgehead atoms. The summed E-state index contributed by atoms with van der Waals surface area (Å²) >= 11 is 0. The van der Waals surface area contributed by atoms with Crippen molar-refractivity contribution in [3.8, 4) is 28.4 Å². The zero-order valence-corrected chi connectivity index (χ0v) is 51.7. The predicted octanol–water partition coefficient (Wildman–Crippen LogP) is 20.8. The molecular weight excluding hydrogens is 1150 g/mol. The number of aromatic nitrogens is 9. The molecule has 9 heterocycles. The summed E-state index contributed by atoms with van der Waals surface area (Å²) in [7, 11) is 0. The molecule has 9 aromatic carbocycles. The number of hydrogen-bond acceptors (Lipinski definition) is 4. The van der Waals surface area contributed by atoms with Crippen LogP contribution >= 0.6 is 0 Å². The molecule has 0 saturated heterocycles. The highest BCUT2D eigenvalue weighted by Gasteiger charge is 2.44. The summed E-state index contributed by atoms with van der Waals surface area (Å²) < 4.78 is 11.7. The number of nitrogens with zero attached hydrogens (tertiary/aromatic N) is 9. The van der Waals surface area contributed by atoms with Crippen LogP contribution in [0.4, 0.5) is 0 Å². The Morgan fingerprint density at radius 1 is 0.330 bits per heavy atom. The smallest absolute Gasteiger partial charge is 0.0963 e. The Morgan fingerprint density at radius 2 is 0.660 bits per heavy atom. The minimum absolute atomic E-state index is 0.618. The molecule has 2 unspecified atom stereocenters. The Morgan fingerprint density at radius 3 is 1.09 bits per heavy atom. The van der Waals surface area contributed by atoms with E-state index in [1.807, 2.05) is 56.0 Å². The quantitative estimate of drug-likeness (QED) is 0.142. The van der Waals surface area contributed by atoms with E-state index in [-0.39, 0.29) is 0 Å². The lowest BCUT2D eigenvalue weighted by Crippen LogP contribution is -2.02. The summed E-state index contributed by atoms with van der Waals surface area (Å²) in [5.41, 5.74) is 27.1. The van der Waals surface area contributed by atoms with Gasteiger partial charge in [-0.3, -0.25) is 19.9 Å². The first-order valence-electron chi connectivity index (χ1n) is 32.3. The lowest BCUT2D eigenvalue weighted by atomic mass is 9.90. The van der Waals surface area contributed by atoms with Gasteiger partial charge in [-0.25, -0.2) is 0 Å². The number of fused-ring (bicyclic) bond motifs is 16. The molecule has 1 saturated carbocycles. The Hall–Kier alpha value is -12.2. The van der Waals surface area contributed by atoms with Crippen molar-refractivity contribution in [1.82, 2.24) is 42.8 Å². The Kier molecular flexibility index (Phi) is 13.0. The molecule has 0 radical (unpaired) electrons. The van der Waals surface area contributed by atoms with Crippen LogP contribution in [0.1, 0.15) is 24.5 Å². The topological polar surface area (TPSA) is 76.2 Å². The summed E-state index contributed by atoms with van der Waals surface area (Å²) in [4.78, 5) is 18.9. The monoisotopic (exact) mass is 1210 g/mol. The molecule has 9 heteroatoms. The second kappa shape index (κ2) is 22.3. The summed E-state index contributed by atoms with van der Waals surface area (Å²) in [6, 6.07) is 93.4. The van der Waals surface area contributed by atoms with E-state index < -0.39 is 0 Å². The summed E-state index contributed by atoms with van der Waals surface area (Å²) in [6.07, 6.45) is 16.3. The fraction of sp³-hybridized carbons (Fsp3) is 0.0588. The molecule has 20 rings (SSSR count). The van der Waals surface area contributed by atoms with Gasteiger partial charge in [0, 0.05) is 85.5 Å². The third-order valence-electron chi connectivity index (χ3n) is 19.2. The van der Waals surface area contributed by atoms with Gasteiger partial charge in [-0.05, 0) is 194 Å². The highest BCUT2D eigenvalue weighted by Crippen LogP contribution is 2.55. The number of benzene rings is 9. The Balaban J connectivity index is 0.000000133. The van der Waals surface area contributed by atoms with E-state index in [0.29, 0.717) is 11.8 Å². The van der Waals surface area contributed by atoms with E-state index in [1.165, 1.54) is 78.1 Å². The molecule has 2 atom stereocenters. The van der Waals surface area contributed by atoms with E-state index >= 15 is 0 Å². The molecular formula is C85H61N9. The fourth-order valence-corrected chi connectivity index (χ4v) is 15.1. The summed E-state index contributed by atoms with van der Waals surface area (Å²) in [5.74, 6) is 1.26. The van der Waals surface area contributed by atoms with Gasteiger partial charge >= 0.3 is 0 Å². The predicted molar refractivity (Wildman–Crippen MR) is 389 cm³/mol. The zero-order valence-electron chi connectivity index (χ0n) is 51.7. The van der Waals surface area contributed by atoms with Crippen molar-refractivity contribution in [3.05, 3.63) is 327 Å². The van der Waals surface area contributed by atoms with Crippen LogP contribution in [0.25, 0.3) is 144 Å². The number of para-hydroxylation sites is 5. The maximum atomic E-state index is 4.77. The van der Waals surface area contributed by atoms with Gasteiger partial charge in [0.1, 0.15) is 0 Å². The average Bonchev–Trinajstić information content (AvgIpc) is 1.59. The van der Waals surface area contributed by atoms with Crippen LogP contribution in [0.2, 0.25) is 0 Å². The van der Waals surface area contributed by atoms with Crippen molar-refractivity contribution in [1.29, 1.82) is 0 Å². The Labute approximate surface area is 542 Å². The van der Waals surface area contributed by atoms with E-state index in [1.54, 1.807) is 11.6 Å². The van der Waals surface area contributed by atoms with Crippen molar-refractivity contribution in [2.45, 2.75) is 19.8 Å². The first-order valence-corrected chi connectivity index (χ1v) is 32.3. The minimum Gasteiger partial charge on any atom is -0.309 e. The van der Waals surface area contributed by atoms with Gasteiger partial charge in [0.2, 0.25) is 0 Å². The molecule has 0 N–H and O–H groups in total.